The molecule has 0 saturated heterocycles. The summed E-state index contributed by atoms with van der Waals surface area (Å²) >= 11 is 0. The average molecular weight is 337 g/mol. The van der Waals surface area contributed by atoms with E-state index in [1.807, 2.05) is 37.3 Å². The number of aromatic nitrogens is 3. The highest BCUT2D eigenvalue weighted by Gasteiger charge is 2.10. The van der Waals surface area contributed by atoms with Crippen LogP contribution in [0.5, 0.6) is 5.75 Å². The number of fused-ring (bicyclic) bond motifs is 1. The lowest BCUT2D eigenvalue weighted by atomic mass is 10.0. The van der Waals surface area contributed by atoms with Gasteiger partial charge in [0.15, 0.2) is 0 Å². The Morgan fingerprint density at radius 3 is 2.56 bits per heavy atom. The molecule has 132 valence electrons. The zero-order chi connectivity index (χ0) is 17.8. The van der Waals surface area contributed by atoms with Crippen LogP contribution >= 0.6 is 0 Å². The summed E-state index contributed by atoms with van der Waals surface area (Å²) in [5.74, 6) is 0.990. The van der Waals surface area contributed by atoms with E-state index >= 15 is 0 Å². The Labute approximate surface area is 149 Å². The molecule has 0 unspecified atom stereocenters. The standard InChI is InChI=1S/C21H27N3O/c1-15(2)7-5-4-6-8-17-10-12-21(25)20(14-17)24-22-18-11-9-16(3)13-19(18)23-24/h9-15,25H,4-8H2,1-3H3. The minimum absolute atomic E-state index is 0.209. The number of unbranched alkanes of at least 4 members (excludes halogenated alkanes) is 2. The van der Waals surface area contributed by atoms with Crippen LogP contribution in [0, 0.1) is 12.8 Å². The molecule has 0 aliphatic heterocycles. The quantitative estimate of drug-likeness (QED) is 0.603. The number of phenolic OH excluding ortho intramolecular Hbond substituents is 1. The molecule has 1 N–H and O–H groups in total. The summed E-state index contributed by atoms with van der Waals surface area (Å²) in [6.07, 6.45) is 6.02. The number of hydrogen-bond acceptors (Lipinski definition) is 3. The molecule has 0 aliphatic rings. The van der Waals surface area contributed by atoms with Gasteiger partial charge in [-0.2, -0.15) is 0 Å². The molecule has 0 atom stereocenters. The predicted octanol–water partition coefficient (Wildman–Crippen LogP) is 5.19. The summed E-state index contributed by atoms with van der Waals surface area (Å²) in [4.78, 5) is 1.54. The maximum Gasteiger partial charge on any atom is 0.143 e. The second-order valence-electron chi connectivity index (χ2n) is 7.30. The predicted molar refractivity (Wildman–Crippen MR) is 102 cm³/mol. The molecule has 0 bridgehead atoms. The Hall–Kier alpha value is -2.36. The summed E-state index contributed by atoms with van der Waals surface area (Å²) in [7, 11) is 0. The van der Waals surface area contributed by atoms with Crippen LogP contribution in [-0.2, 0) is 6.42 Å². The third kappa shape index (κ3) is 4.38. The highest BCUT2D eigenvalue weighted by atomic mass is 16.3. The van der Waals surface area contributed by atoms with E-state index in [1.54, 1.807) is 10.9 Å². The maximum absolute atomic E-state index is 10.2. The number of aromatic hydroxyl groups is 1. The summed E-state index contributed by atoms with van der Waals surface area (Å²) in [6.45, 7) is 6.58. The molecule has 25 heavy (non-hydrogen) atoms. The molecule has 4 heteroatoms. The molecule has 0 amide bonds. The molecular weight excluding hydrogens is 310 g/mol. The number of hydrogen-bond donors (Lipinski definition) is 1. The van der Waals surface area contributed by atoms with Gasteiger partial charge in [0.2, 0.25) is 0 Å². The molecule has 0 saturated carbocycles. The molecule has 0 radical (unpaired) electrons. The largest absolute Gasteiger partial charge is 0.506 e. The summed E-state index contributed by atoms with van der Waals surface area (Å²) < 4.78 is 0. The topological polar surface area (TPSA) is 50.9 Å². The van der Waals surface area contributed by atoms with Crippen LogP contribution < -0.4 is 0 Å². The molecule has 1 aromatic heterocycles. The lowest BCUT2D eigenvalue weighted by Gasteiger charge is -2.08. The second kappa shape index (κ2) is 7.68. The number of phenols is 1. The third-order valence-electron chi connectivity index (χ3n) is 4.54. The zero-order valence-corrected chi connectivity index (χ0v) is 15.4. The first-order valence-electron chi connectivity index (χ1n) is 9.19. The number of benzene rings is 2. The van der Waals surface area contributed by atoms with Gasteiger partial charge >= 0.3 is 0 Å². The van der Waals surface area contributed by atoms with Crippen molar-refractivity contribution in [1.82, 2.24) is 15.0 Å². The Kier molecular flexibility index (Phi) is 5.37. The second-order valence-corrected chi connectivity index (χ2v) is 7.30. The summed E-state index contributed by atoms with van der Waals surface area (Å²) in [5.41, 5.74) is 4.70. The van der Waals surface area contributed by atoms with Crippen molar-refractivity contribution in [2.45, 2.75) is 52.9 Å². The first-order chi connectivity index (χ1) is 12.0. The first-order valence-corrected chi connectivity index (χ1v) is 9.19. The lowest BCUT2D eigenvalue weighted by molar-refractivity contribution is 0.467. The Morgan fingerprint density at radius 2 is 1.76 bits per heavy atom. The Bertz CT molecular complexity index is 851. The first kappa shape index (κ1) is 17.5. The molecule has 2 aromatic carbocycles. The van der Waals surface area contributed by atoms with Gasteiger partial charge in [-0.05, 0) is 61.1 Å². The van der Waals surface area contributed by atoms with Crippen molar-refractivity contribution < 1.29 is 5.11 Å². The van der Waals surface area contributed by atoms with Crippen molar-refractivity contribution >= 4 is 11.0 Å². The van der Waals surface area contributed by atoms with Crippen LogP contribution in [0.15, 0.2) is 36.4 Å². The van der Waals surface area contributed by atoms with Crippen LogP contribution in [0.25, 0.3) is 16.7 Å². The van der Waals surface area contributed by atoms with E-state index < -0.39 is 0 Å². The monoisotopic (exact) mass is 337 g/mol. The Balaban J connectivity index is 1.74. The van der Waals surface area contributed by atoms with Crippen LogP contribution in [0.1, 0.15) is 50.7 Å². The van der Waals surface area contributed by atoms with E-state index in [0.29, 0.717) is 5.69 Å². The van der Waals surface area contributed by atoms with Gasteiger partial charge in [-0.15, -0.1) is 15.0 Å². The van der Waals surface area contributed by atoms with Crippen LogP contribution in [-0.4, -0.2) is 20.1 Å². The molecule has 3 rings (SSSR count). The number of aryl methyl sites for hydroxylation is 2. The van der Waals surface area contributed by atoms with Gasteiger partial charge in [0, 0.05) is 0 Å². The molecule has 0 fully saturated rings. The molecule has 3 aromatic rings. The van der Waals surface area contributed by atoms with Gasteiger partial charge in [0.25, 0.3) is 0 Å². The summed E-state index contributed by atoms with van der Waals surface area (Å²) in [5, 5.41) is 19.3. The summed E-state index contributed by atoms with van der Waals surface area (Å²) in [6, 6.07) is 11.7. The van der Waals surface area contributed by atoms with Crippen molar-refractivity contribution in [3.8, 4) is 11.4 Å². The smallest absolute Gasteiger partial charge is 0.143 e. The molecular formula is C21H27N3O. The van der Waals surface area contributed by atoms with Crippen molar-refractivity contribution in [3.63, 3.8) is 0 Å². The van der Waals surface area contributed by atoms with Gasteiger partial charge in [-0.25, -0.2) is 0 Å². The van der Waals surface area contributed by atoms with E-state index in [9.17, 15) is 5.11 Å². The van der Waals surface area contributed by atoms with Gasteiger partial charge in [0.1, 0.15) is 22.5 Å². The van der Waals surface area contributed by atoms with E-state index in [4.69, 9.17) is 0 Å². The number of rotatable bonds is 7. The van der Waals surface area contributed by atoms with E-state index in [-0.39, 0.29) is 5.75 Å². The highest BCUT2D eigenvalue weighted by molar-refractivity contribution is 5.74. The fraction of sp³-hybridized carbons (Fsp3) is 0.429. The molecule has 4 nitrogen and oxygen atoms in total. The van der Waals surface area contributed by atoms with E-state index in [2.05, 4.69) is 24.0 Å². The van der Waals surface area contributed by atoms with Crippen molar-refractivity contribution in [2.75, 3.05) is 0 Å². The molecule has 0 aliphatic carbocycles. The van der Waals surface area contributed by atoms with Crippen LogP contribution in [0.2, 0.25) is 0 Å². The molecule has 0 spiro atoms. The Morgan fingerprint density at radius 1 is 0.960 bits per heavy atom. The fourth-order valence-electron chi connectivity index (χ4n) is 3.08. The van der Waals surface area contributed by atoms with Gasteiger partial charge in [-0.3, -0.25) is 0 Å². The van der Waals surface area contributed by atoms with E-state index in [1.165, 1.54) is 31.2 Å². The number of nitrogens with zero attached hydrogens (tertiary/aromatic N) is 3. The average Bonchev–Trinajstić information content (AvgIpc) is 2.98. The van der Waals surface area contributed by atoms with Gasteiger partial charge in [-0.1, -0.05) is 45.2 Å². The fourth-order valence-corrected chi connectivity index (χ4v) is 3.08. The van der Waals surface area contributed by atoms with E-state index in [0.717, 1.165) is 28.9 Å². The minimum atomic E-state index is 0.209. The van der Waals surface area contributed by atoms with Crippen molar-refractivity contribution in [3.05, 3.63) is 47.5 Å². The van der Waals surface area contributed by atoms with Crippen LogP contribution in [0.4, 0.5) is 0 Å². The lowest BCUT2D eigenvalue weighted by Crippen LogP contribution is -2.00. The highest BCUT2D eigenvalue weighted by Crippen LogP contribution is 2.24. The minimum Gasteiger partial charge on any atom is -0.506 e. The third-order valence-corrected chi connectivity index (χ3v) is 4.54. The van der Waals surface area contributed by atoms with Crippen LogP contribution in [0.3, 0.4) is 0 Å². The zero-order valence-electron chi connectivity index (χ0n) is 15.4. The van der Waals surface area contributed by atoms with Crippen molar-refractivity contribution in [2.24, 2.45) is 5.92 Å². The van der Waals surface area contributed by atoms with Gasteiger partial charge in [0.05, 0.1) is 0 Å². The normalized spacial score (nSPS) is 11.5. The molecule has 1 heterocycles. The van der Waals surface area contributed by atoms with Crippen molar-refractivity contribution in [1.29, 1.82) is 0 Å². The SMILES string of the molecule is Cc1ccc2nn(-c3cc(CCCCCC(C)C)ccc3O)nc2c1. The maximum atomic E-state index is 10.2. The van der Waals surface area contributed by atoms with Gasteiger partial charge < -0.3 is 5.11 Å².